The molecule has 1 saturated carbocycles. The second-order valence-electron chi connectivity index (χ2n) is 10.1. The van der Waals surface area contributed by atoms with Crippen molar-refractivity contribution >= 4 is 22.5 Å². The Kier molecular flexibility index (Phi) is 5.14. The van der Waals surface area contributed by atoms with E-state index in [-0.39, 0.29) is 26.1 Å². The fourth-order valence-corrected chi connectivity index (χ4v) is 4.65. The summed E-state index contributed by atoms with van der Waals surface area (Å²) in [5.74, 6) is 1.38. The number of rotatable bonds is 6. The molecule has 3 aromatic rings. The third-order valence-corrected chi connectivity index (χ3v) is 6.64. The van der Waals surface area contributed by atoms with Crippen LogP contribution in [0, 0.1) is 0 Å². The molecule has 33 heavy (non-hydrogen) atoms. The summed E-state index contributed by atoms with van der Waals surface area (Å²) in [7, 11) is 0. The van der Waals surface area contributed by atoms with Crippen LogP contribution < -0.4 is 14.8 Å². The monoisotopic (exact) mass is 452 g/mol. The van der Waals surface area contributed by atoms with E-state index >= 15 is 0 Å². The number of ether oxygens (including phenoxy) is 2. The van der Waals surface area contributed by atoms with Crippen LogP contribution in [-0.2, 0) is 22.2 Å². The SMILES string of the molecule is CC(C)(C)c1cc2cc(NC(=O)C3(c4ccc5c(c4)OCO5)CC3)ccc2n1C[C@@H](O)CO.[HH]. The maximum Gasteiger partial charge on any atom is 0.235 e. The zero-order valence-corrected chi connectivity index (χ0v) is 19.2. The molecule has 7 nitrogen and oxygen atoms in total. The van der Waals surface area contributed by atoms with Crippen molar-refractivity contribution in [2.45, 2.75) is 57.1 Å². The lowest BCUT2D eigenvalue weighted by atomic mass is 9.92. The minimum atomic E-state index is -0.836. The molecule has 5 rings (SSSR count). The Hall–Kier alpha value is -3.03. The molecule has 1 aliphatic carbocycles. The van der Waals surface area contributed by atoms with Gasteiger partial charge in [-0.2, -0.15) is 0 Å². The van der Waals surface area contributed by atoms with Crippen molar-refractivity contribution < 1.29 is 25.9 Å². The molecule has 0 saturated heterocycles. The summed E-state index contributed by atoms with van der Waals surface area (Å²) >= 11 is 0. The molecule has 0 spiro atoms. The predicted octanol–water partition coefficient (Wildman–Crippen LogP) is 3.94. The standard InChI is InChI=1S/C26H30N2O5.H2/c1-25(2,3)23-11-16-10-18(5-6-20(16)28(23)13-19(30)14-29)27-24(31)26(8-9-26)17-4-7-21-22(12-17)33-15-32-21;/h4-7,10-12,19,29-30H,8-9,13-15H2,1-3H3,(H,27,31);1H/t19-;/m1./s1. The number of anilines is 1. The van der Waals surface area contributed by atoms with Gasteiger partial charge in [-0.1, -0.05) is 26.8 Å². The first-order valence-electron chi connectivity index (χ1n) is 11.4. The second kappa shape index (κ2) is 7.78. The molecule has 0 bridgehead atoms. The number of carbonyl (C=O) groups excluding carboxylic acids is 1. The molecule has 1 aliphatic heterocycles. The molecule has 1 aromatic heterocycles. The first kappa shape index (κ1) is 21.8. The van der Waals surface area contributed by atoms with E-state index in [0.717, 1.165) is 40.7 Å². The smallest absolute Gasteiger partial charge is 0.235 e. The fraction of sp³-hybridized carbons (Fsp3) is 0.423. The van der Waals surface area contributed by atoms with Gasteiger partial charge in [0.1, 0.15) is 0 Å². The average molecular weight is 453 g/mol. The molecule has 0 radical (unpaired) electrons. The lowest BCUT2D eigenvalue weighted by Crippen LogP contribution is -2.27. The Morgan fingerprint density at radius 2 is 1.91 bits per heavy atom. The topological polar surface area (TPSA) is 93.0 Å². The van der Waals surface area contributed by atoms with E-state index in [9.17, 15) is 15.0 Å². The molecule has 2 aliphatic rings. The summed E-state index contributed by atoms with van der Waals surface area (Å²) in [6.07, 6.45) is 0.756. The molecule has 2 aromatic carbocycles. The van der Waals surface area contributed by atoms with E-state index in [1.807, 2.05) is 36.4 Å². The van der Waals surface area contributed by atoms with Crippen LogP contribution in [0.2, 0.25) is 0 Å². The third-order valence-electron chi connectivity index (χ3n) is 6.64. The van der Waals surface area contributed by atoms with Gasteiger partial charge >= 0.3 is 0 Å². The molecule has 1 amide bonds. The van der Waals surface area contributed by atoms with Crippen LogP contribution >= 0.6 is 0 Å². The summed E-state index contributed by atoms with van der Waals surface area (Å²) in [4.78, 5) is 13.3. The second-order valence-corrected chi connectivity index (χ2v) is 10.1. The highest BCUT2D eigenvalue weighted by atomic mass is 16.7. The van der Waals surface area contributed by atoms with Crippen molar-refractivity contribution in [3.05, 3.63) is 53.7 Å². The largest absolute Gasteiger partial charge is 0.454 e. The fourth-order valence-electron chi connectivity index (χ4n) is 4.65. The van der Waals surface area contributed by atoms with Gasteiger partial charge in [-0.15, -0.1) is 0 Å². The van der Waals surface area contributed by atoms with Gasteiger partial charge in [0.2, 0.25) is 12.7 Å². The van der Waals surface area contributed by atoms with E-state index in [1.165, 1.54) is 0 Å². The molecule has 2 heterocycles. The number of nitrogens with zero attached hydrogens (tertiary/aromatic N) is 1. The highest BCUT2D eigenvalue weighted by molar-refractivity contribution is 6.02. The lowest BCUT2D eigenvalue weighted by molar-refractivity contribution is -0.118. The third kappa shape index (κ3) is 3.85. The van der Waals surface area contributed by atoms with Crippen molar-refractivity contribution in [1.82, 2.24) is 4.57 Å². The van der Waals surface area contributed by atoms with Crippen molar-refractivity contribution in [2.24, 2.45) is 0 Å². The first-order chi connectivity index (χ1) is 15.7. The van der Waals surface area contributed by atoms with Crippen molar-refractivity contribution in [3.8, 4) is 11.5 Å². The Morgan fingerprint density at radius 1 is 1.15 bits per heavy atom. The zero-order valence-electron chi connectivity index (χ0n) is 19.2. The van der Waals surface area contributed by atoms with E-state index in [0.29, 0.717) is 18.0 Å². The van der Waals surface area contributed by atoms with Gasteiger partial charge in [0.25, 0.3) is 0 Å². The van der Waals surface area contributed by atoms with Gasteiger partial charge in [-0.3, -0.25) is 4.79 Å². The molecule has 1 atom stereocenters. The summed E-state index contributed by atoms with van der Waals surface area (Å²) < 4.78 is 12.9. The van der Waals surface area contributed by atoms with Crippen LogP contribution in [0.15, 0.2) is 42.5 Å². The average Bonchev–Trinajstić information content (AvgIpc) is 3.32. The van der Waals surface area contributed by atoms with Crippen molar-refractivity contribution in [3.63, 3.8) is 0 Å². The van der Waals surface area contributed by atoms with Crippen LogP contribution in [0.1, 0.15) is 46.3 Å². The Bertz CT molecular complexity index is 1230. The predicted molar refractivity (Wildman–Crippen MR) is 128 cm³/mol. The quantitative estimate of drug-likeness (QED) is 0.527. The summed E-state index contributed by atoms with van der Waals surface area (Å²) in [5, 5.41) is 23.5. The molecule has 176 valence electrons. The number of nitrogens with one attached hydrogen (secondary N) is 1. The lowest BCUT2D eigenvalue weighted by Gasteiger charge is -2.23. The Balaban J connectivity index is 0.00000274. The summed E-state index contributed by atoms with van der Waals surface area (Å²) in [6.45, 7) is 6.59. The van der Waals surface area contributed by atoms with Crippen LogP contribution in [0.5, 0.6) is 11.5 Å². The minimum absolute atomic E-state index is 0. The molecule has 3 N–H and O–H groups in total. The first-order valence-corrected chi connectivity index (χ1v) is 11.4. The maximum absolute atomic E-state index is 13.3. The Morgan fingerprint density at radius 3 is 2.61 bits per heavy atom. The highest BCUT2D eigenvalue weighted by Gasteiger charge is 2.51. The number of amides is 1. The van der Waals surface area contributed by atoms with Gasteiger partial charge in [-0.05, 0) is 54.8 Å². The molecular formula is C26H32N2O5. The molecule has 1 fully saturated rings. The van der Waals surface area contributed by atoms with Crippen LogP contribution in [-0.4, -0.2) is 40.2 Å². The van der Waals surface area contributed by atoms with Crippen LogP contribution in [0.25, 0.3) is 10.9 Å². The minimum Gasteiger partial charge on any atom is -0.454 e. The number of aromatic nitrogens is 1. The van der Waals surface area contributed by atoms with E-state index < -0.39 is 11.5 Å². The van der Waals surface area contributed by atoms with Gasteiger partial charge in [0.15, 0.2) is 11.5 Å². The molecule has 7 heteroatoms. The van der Waals surface area contributed by atoms with Gasteiger partial charge in [0.05, 0.1) is 24.7 Å². The number of hydrogen-bond acceptors (Lipinski definition) is 5. The number of fused-ring (bicyclic) bond motifs is 2. The van der Waals surface area contributed by atoms with Crippen LogP contribution in [0.4, 0.5) is 5.69 Å². The molecular weight excluding hydrogens is 420 g/mol. The number of benzene rings is 2. The number of hydrogen-bond donors (Lipinski definition) is 3. The maximum atomic E-state index is 13.3. The Labute approximate surface area is 194 Å². The normalized spacial score (nSPS) is 17.2. The van der Waals surface area contributed by atoms with E-state index in [4.69, 9.17) is 9.47 Å². The van der Waals surface area contributed by atoms with Crippen LogP contribution in [0.3, 0.4) is 0 Å². The number of aliphatic hydroxyl groups is 2. The number of carbonyl (C=O) groups is 1. The van der Waals surface area contributed by atoms with Gasteiger partial charge < -0.3 is 29.6 Å². The summed E-state index contributed by atoms with van der Waals surface area (Å²) in [5.41, 5.74) is 3.03. The zero-order chi connectivity index (χ0) is 23.4. The van der Waals surface area contributed by atoms with Crippen molar-refractivity contribution in [1.29, 1.82) is 0 Å². The number of aliphatic hydroxyl groups excluding tert-OH is 2. The molecule has 0 unspecified atom stereocenters. The highest BCUT2D eigenvalue weighted by Crippen LogP contribution is 2.51. The van der Waals surface area contributed by atoms with E-state index in [2.05, 4.69) is 36.7 Å². The van der Waals surface area contributed by atoms with Gasteiger partial charge in [0, 0.05) is 29.1 Å². The van der Waals surface area contributed by atoms with Crippen molar-refractivity contribution in [2.75, 3.05) is 18.7 Å². The van der Waals surface area contributed by atoms with Gasteiger partial charge in [-0.25, -0.2) is 0 Å². The summed E-state index contributed by atoms with van der Waals surface area (Å²) in [6, 6.07) is 13.7. The van der Waals surface area contributed by atoms with E-state index in [1.54, 1.807) is 0 Å².